The third-order valence-corrected chi connectivity index (χ3v) is 4.59. The summed E-state index contributed by atoms with van der Waals surface area (Å²) in [6.45, 7) is 6.68. The molecule has 1 aromatic carbocycles. The fourth-order valence-corrected chi connectivity index (χ4v) is 3.03. The summed E-state index contributed by atoms with van der Waals surface area (Å²) in [5.74, 6) is 0. The van der Waals surface area contributed by atoms with E-state index in [1.54, 1.807) is 0 Å². The van der Waals surface area contributed by atoms with Gasteiger partial charge in [0, 0.05) is 17.4 Å². The van der Waals surface area contributed by atoms with Crippen LogP contribution in [0.4, 0.5) is 0 Å². The Labute approximate surface area is 126 Å². The first-order valence-corrected chi connectivity index (χ1v) is 8.39. The zero-order valence-corrected chi connectivity index (χ0v) is 13.5. The van der Waals surface area contributed by atoms with Crippen LogP contribution in [0.3, 0.4) is 0 Å². The SMILES string of the molecule is CCCc1nc(SC(C)CC)[nH]c1Cc1ccccc1. The Kier molecular flexibility index (Phi) is 5.72. The largest absolute Gasteiger partial charge is 0.336 e. The number of benzene rings is 1. The molecule has 0 spiro atoms. The molecular formula is C17H24N2S. The first kappa shape index (κ1) is 15.2. The molecule has 20 heavy (non-hydrogen) atoms. The lowest BCUT2D eigenvalue weighted by atomic mass is 10.1. The quantitative estimate of drug-likeness (QED) is 0.738. The van der Waals surface area contributed by atoms with E-state index in [2.05, 4.69) is 56.1 Å². The second kappa shape index (κ2) is 7.53. The summed E-state index contributed by atoms with van der Waals surface area (Å²) in [6, 6.07) is 10.6. The molecule has 3 heteroatoms. The van der Waals surface area contributed by atoms with Crippen LogP contribution >= 0.6 is 11.8 Å². The van der Waals surface area contributed by atoms with Gasteiger partial charge in [0.05, 0.1) is 5.69 Å². The lowest BCUT2D eigenvalue weighted by Gasteiger charge is -2.04. The normalized spacial score (nSPS) is 12.6. The molecule has 1 heterocycles. The maximum atomic E-state index is 4.79. The number of hydrogen-bond donors (Lipinski definition) is 1. The van der Waals surface area contributed by atoms with Crippen molar-refractivity contribution in [2.24, 2.45) is 0 Å². The highest BCUT2D eigenvalue weighted by molar-refractivity contribution is 7.99. The van der Waals surface area contributed by atoms with Crippen LogP contribution in [0.5, 0.6) is 0 Å². The number of hydrogen-bond acceptors (Lipinski definition) is 2. The topological polar surface area (TPSA) is 28.7 Å². The number of aromatic nitrogens is 2. The molecule has 0 saturated heterocycles. The van der Waals surface area contributed by atoms with Crippen molar-refractivity contribution < 1.29 is 0 Å². The van der Waals surface area contributed by atoms with Gasteiger partial charge in [0.1, 0.15) is 0 Å². The Balaban J connectivity index is 2.17. The Hall–Kier alpha value is -1.22. The van der Waals surface area contributed by atoms with Crippen molar-refractivity contribution in [3.05, 3.63) is 47.3 Å². The van der Waals surface area contributed by atoms with E-state index in [1.165, 1.54) is 23.4 Å². The maximum Gasteiger partial charge on any atom is 0.166 e. The van der Waals surface area contributed by atoms with Crippen molar-refractivity contribution in [3.63, 3.8) is 0 Å². The van der Waals surface area contributed by atoms with E-state index < -0.39 is 0 Å². The summed E-state index contributed by atoms with van der Waals surface area (Å²) in [7, 11) is 0. The number of aryl methyl sites for hydroxylation is 1. The highest BCUT2D eigenvalue weighted by Gasteiger charge is 2.12. The molecule has 108 valence electrons. The first-order valence-electron chi connectivity index (χ1n) is 7.51. The van der Waals surface area contributed by atoms with Gasteiger partial charge >= 0.3 is 0 Å². The van der Waals surface area contributed by atoms with E-state index in [-0.39, 0.29) is 0 Å². The van der Waals surface area contributed by atoms with Crippen LogP contribution in [0.2, 0.25) is 0 Å². The van der Waals surface area contributed by atoms with Crippen LogP contribution in [0, 0.1) is 0 Å². The van der Waals surface area contributed by atoms with Crippen molar-refractivity contribution in [1.29, 1.82) is 0 Å². The van der Waals surface area contributed by atoms with Crippen LogP contribution in [0.1, 0.15) is 50.6 Å². The van der Waals surface area contributed by atoms with E-state index in [0.29, 0.717) is 5.25 Å². The predicted molar refractivity (Wildman–Crippen MR) is 87.4 cm³/mol. The molecule has 1 atom stereocenters. The van der Waals surface area contributed by atoms with Gasteiger partial charge in [-0.05, 0) is 18.4 Å². The molecule has 0 bridgehead atoms. The first-order chi connectivity index (χ1) is 9.72. The minimum Gasteiger partial charge on any atom is -0.336 e. The highest BCUT2D eigenvalue weighted by atomic mass is 32.2. The number of nitrogens with zero attached hydrogens (tertiary/aromatic N) is 1. The number of rotatable bonds is 7. The molecule has 0 aliphatic rings. The average Bonchev–Trinajstić information content (AvgIpc) is 2.82. The van der Waals surface area contributed by atoms with Gasteiger partial charge in [0.2, 0.25) is 0 Å². The molecule has 0 saturated carbocycles. The van der Waals surface area contributed by atoms with Gasteiger partial charge in [-0.25, -0.2) is 4.98 Å². The molecule has 1 unspecified atom stereocenters. The number of aromatic amines is 1. The molecule has 1 N–H and O–H groups in total. The lowest BCUT2D eigenvalue weighted by molar-refractivity contribution is 0.863. The molecule has 0 radical (unpaired) electrons. The molecule has 0 fully saturated rings. The molecule has 0 amide bonds. The van der Waals surface area contributed by atoms with E-state index in [0.717, 1.165) is 24.4 Å². The van der Waals surface area contributed by atoms with Crippen molar-refractivity contribution in [1.82, 2.24) is 9.97 Å². The minimum absolute atomic E-state index is 0.611. The van der Waals surface area contributed by atoms with Gasteiger partial charge in [-0.2, -0.15) is 0 Å². The molecule has 0 aliphatic carbocycles. The Bertz CT molecular complexity index is 519. The molecule has 2 aromatic rings. The van der Waals surface area contributed by atoms with Gasteiger partial charge in [-0.1, -0.05) is 69.3 Å². The molecule has 2 rings (SSSR count). The summed E-state index contributed by atoms with van der Waals surface area (Å²) in [5.41, 5.74) is 3.86. The van der Waals surface area contributed by atoms with Crippen LogP contribution in [0.15, 0.2) is 35.5 Å². The van der Waals surface area contributed by atoms with Crippen LogP contribution in [-0.2, 0) is 12.8 Å². The number of thioether (sulfide) groups is 1. The van der Waals surface area contributed by atoms with Crippen molar-refractivity contribution in [2.75, 3.05) is 0 Å². The maximum absolute atomic E-state index is 4.79. The second-order valence-electron chi connectivity index (χ2n) is 5.22. The van der Waals surface area contributed by atoms with Crippen molar-refractivity contribution in [2.45, 2.75) is 56.9 Å². The van der Waals surface area contributed by atoms with Gasteiger partial charge in [0.15, 0.2) is 5.16 Å². The van der Waals surface area contributed by atoms with Crippen LogP contribution in [-0.4, -0.2) is 15.2 Å². The Morgan fingerprint density at radius 2 is 1.95 bits per heavy atom. The molecule has 0 aliphatic heterocycles. The number of nitrogens with one attached hydrogen (secondary N) is 1. The average molecular weight is 288 g/mol. The third kappa shape index (κ3) is 4.14. The summed E-state index contributed by atoms with van der Waals surface area (Å²) < 4.78 is 0. The minimum atomic E-state index is 0.611. The van der Waals surface area contributed by atoms with Gasteiger partial charge in [-0.3, -0.25) is 0 Å². The smallest absolute Gasteiger partial charge is 0.166 e. The second-order valence-corrected chi connectivity index (χ2v) is 6.64. The standard InChI is InChI=1S/C17H24N2S/c1-4-9-15-16(12-14-10-7-6-8-11-14)19-17(18-15)20-13(3)5-2/h6-8,10-11,13H,4-5,9,12H2,1-3H3,(H,18,19). The van der Waals surface area contributed by atoms with Gasteiger partial charge in [0.25, 0.3) is 0 Å². The van der Waals surface area contributed by atoms with Crippen LogP contribution < -0.4 is 0 Å². The van der Waals surface area contributed by atoms with Gasteiger partial charge in [-0.15, -0.1) is 0 Å². The highest BCUT2D eigenvalue weighted by Crippen LogP contribution is 2.25. The predicted octanol–water partition coefficient (Wildman–Crippen LogP) is 4.84. The Morgan fingerprint density at radius 3 is 2.60 bits per heavy atom. The number of imidazole rings is 1. The molecule has 1 aromatic heterocycles. The fraction of sp³-hybridized carbons (Fsp3) is 0.471. The van der Waals surface area contributed by atoms with E-state index in [9.17, 15) is 0 Å². The molecule has 2 nitrogen and oxygen atoms in total. The summed E-state index contributed by atoms with van der Waals surface area (Å²) in [5, 5.41) is 1.69. The fourth-order valence-electron chi connectivity index (χ4n) is 2.14. The number of H-pyrrole nitrogens is 1. The summed E-state index contributed by atoms with van der Waals surface area (Å²) in [4.78, 5) is 8.32. The summed E-state index contributed by atoms with van der Waals surface area (Å²) in [6.07, 6.45) is 4.31. The molecular weight excluding hydrogens is 264 g/mol. The van der Waals surface area contributed by atoms with E-state index in [4.69, 9.17) is 4.98 Å². The van der Waals surface area contributed by atoms with Crippen molar-refractivity contribution >= 4 is 11.8 Å². The monoisotopic (exact) mass is 288 g/mol. The van der Waals surface area contributed by atoms with Crippen LogP contribution in [0.25, 0.3) is 0 Å². The Morgan fingerprint density at radius 1 is 1.20 bits per heavy atom. The zero-order chi connectivity index (χ0) is 14.4. The summed E-state index contributed by atoms with van der Waals surface area (Å²) >= 11 is 1.85. The third-order valence-electron chi connectivity index (χ3n) is 3.44. The van der Waals surface area contributed by atoms with Crippen molar-refractivity contribution in [3.8, 4) is 0 Å². The van der Waals surface area contributed by atoms with Gasteiger partial charge < -0.3 is 4.98 Å². The van der Waals surface area contributed by atoms with E-state index >= 15 is 0 Å². The zero-order valence-electron chi connectivity index (χ0n) is 12.6. The van der Waals surface area contributed by atoms with E-state index in [1.807, 2.05) is 11.8 Å². The lowest BCUT2D eigenvalue weighted by Crippen LogP contribution is -1.94.